The van der Waals surface area contributed by atoms with E-state index in [0.29, 0.717) is 0 Å². The molecule has 4 nitrogen and oxygen atoms in total. The summed E-state index contributed by atoms with van der Waals surface area (Å²) in [5, 5.41) is -0.433. The molecule has 0 aliphatic heterocycles. The van der Waals surface area contributed by atoms with Gasteiger partial charge in [0.1, 0.15) is 5.82 Å². The molecule has 0 saturated heterocycles. The summed E-state index contributed by atoms with van der Waals surface area (Å²) in [6.45, 7) is 0. The molecule has 2 rings (SSSR count). The second kappa shape index (κ2) is 8.41. The first-order valence-corrected chi connectivity index (χ1v) is 8.37. The van der Waals surface area contributed by atoms with E-state index in [1.54, 1.807) is 0 Å². The van der Waals surface area contributed by atoms with E-state index in [2.05, 4.69) is 10.9 Å². The zero-order chi connectivity index (χ0) is 19.3. The molecule has 0 bridgehead atoms. The van der Waals surface area contributed by atoms with E-state index in [4.69, 9.17) is 11.6 Å². The van der Waals surface area contributed by atoms with Crippen molar-refractivity contribution in [3.8, 4) is 0 Å². The normalized spacial score (nSPS) is 11.1. The van der Waals surface area contributed by atoms with Crippen molar-refractivity contribution in [2.45, 2.75) is 11.1 Å². The molecule has 2 amide bonds. The van der Waals surface area contributed by atoms with Crippen molar-refractivity contribution in [1.29, 1.82) is 0 Å². The Balaban J connectivity index is 1.87. The van der Waals surface area contributed by atoms with E-state index in [1.165, 1.54) is 18.2 Å². The molecule has 0 radical (unpaired) electrons. The second-order valence-corrected chi connectivity index (χ2v) is 6.39. The predicted octanol–water partition coefficient (Wildman–Crippen LogP) is 4.05. The Morgan fingerprint density at radius 2 is 1.69 bits per heavy atom. The molecule has 0 saturated carbocycles. The van der Waals surface area contributed by atoms with Crippen molar-refractivity contribution in [1.82, 2.24) is 10.9 Å². The average molecular weight is 407 g/mol. The Morgan fingerprint density at radius 1 is 1.04 bits per heavy atom. The van der Waals surface area contributed by atoms with Crippen LogP contribution in [-0.4, -0.2) is 17.6 Å². The van der Waals surface area contributed by atoms with Crippen molar-refractivity contribution in [2.24, 2.45) is 0 Å². The van der Waals surface area contributed by atoms with Gasteiger partial charge in [-0.15, -0.1) is 11.8 Å². The Bertz CT molecular complexity index is 813. The predicted molar refractivity (Wildman–Crippen MR) is 89.2 cm³/mol. The molecule has 2 aromatic carbocycles. The minimum Gasteiger partial charge on any atom is -0.272 e. The quantitative estimate of drug-likeness (QED) is 0.457. The van der Waals surface area contributed by atoms with Gasteiger partial charge in [-0.2, -0.15) is 13.2 Å². The fraction of sp³-hybridized carbons (Fsp3) is 0.125. The van der Waals surface area contributed by atoms with Crippen LogP contribution in [0.2, 0.25) is 5.02 Å². The molecule has 138 valence electrons. The summed E-state index contributed by atoms with van der Waals surface area (Å²) >= 11 is 6.36. The summed E-state index contributed by atoms with van der Waals surface area (Å²) in [7, 11) is 0. The van der Waals surface area contributed by atoms with Gasteiger partial charge in [-0.1, -0.05) is 11.6 Å². The van der Waals surface area contributed by atoms with Crippen molar-refractivity contribution < 1.29 is 27.2 Å². The van der Waals surface area contributed by atoms with Crippen LogP contribution in [0.3, 0.4) is 0 Å². The molecule has 0 aromatic heterocycles. The van der Waals surface area contributed by atoms with Crippen molar-refractivity contribution in [2.75, 3.05) is 5.75 Å². The van der Waals surface area contributed by atoms with Crippen LogP contribution in [0.15, 0.2) is 47.4 Å². The summed E-state index contributed by atoms with van der Waals surface area (Å²) in [5.74, 6) is -2.03. The minimum absolute atomic E-state index is 0.131. The Hall–Kier alpha value is -2.26. The molecule has 10 heteroatoms. The zero-order valence-corrected chi connectivity index (χ0v) is 14.4. The fourth-order valence-corrected chi connectivity index (χ4v) is 2.76. The second-order valence-electron chi connectivity index (χ2n) is 4.94. The van der Waals surface area contributed by atoms with E-state index in [9.17, 15) is 27.2 Å². The van der Waals surface area contributed by atoms with Crippen molar-refractivity contribution in [3.05, 3.63) is 64.4 Å². The van der Waals surface area contributed by atoms with Crippen LogP contribution in [0.1, 0.15) is 15.9 Å². The number of halogens is 5. The number of hydrogen-bond donors (Lipinski definition) is 2. The summed E-state index contributed by atoms with van der Waals surface area (Å²) < 4.78 is 51.1. The van der Waals surface area contributed by atoms with Gasteiger partial charge in [0.25, 0.3) is 5.91 Å². The van der Waals surface area contributed by atoms with E-state index in [1.807, 2.05) is 0 Å². The molecular weight excluding hydrogens is 396 g/mol. The molecule has 2 aromatic rings. The third-order valence-corrected chi connectivity index (χ3v) is 4.36. The number of nitrogens with one attached hydrogen (secondary N) is 2. The van der Waals surface area contributed by atoms with Gasteiger partial charge in [0.2, 0.25) is 5.91 Å². The zero-order valence-electron chi connectivity index (χ0n) is 12.9. The van der Waals surface area contributed by atoms with E-state index >= 15 is 0 Å². The maximum absolute atomic E-state index is 12.8. The molecule has 0 atom stereocenters. The first-order chi connectivity index (χ1) is 12.2. The smallest absolute Gasteiger partial charge is 0.272 e. The third-order valence-electron chi connectivity index (χ3n) is 3.04. The van der Waals surface area contributed by atoms with Gasteiger partial charge in [0.05, 0.1) is 16.3 Å². The van der Waals surface area contributed by atoms with E-state index in [0.717, 1.165) is 36.0 Å². The molecule has 0 unspecified atom stereocenters. The number of carbonyl (C=O) groups is 2. The molecule has 26 heavy (non-hydrogen) atoms. The highest BCUT2D eigenvalue weighted by Gasteiger charge is 2.33. The highest BCUT2D eigenvalue weighted by molar-refractivity contribution is 8.00. The fourth-order valence-electron chi connectivity index (χ4n) is 1.80. The largest absolute Gasteiger partial charge is 0.417 e. The Kier molecular flexibility index (Phi) is 6.49. The topological polar surface area (TPSA) is 58.2 Å². The summed E-state index contributed by atoms with van der Waals surface area (Å²) in [6, 6.07) is 7.94. The first-order valence-electron chi connectivity index (χ1n) is 7.01. The third kappa shape index (κ3) is 5.63. The number of rotatable bonds is 4. The summed E-state index contributed by atoms with van der Waals surface area (Å²) in [6.07, 6.45) is -4.60. The molecule has 0 aliphatic carbocycles. The van der Waals surface area contributed by atoms with E-state index < -0.39 is 34.4 Å². The van der Waals surface area contributed by atoms with Crippen LogP contribution in [-0.2, 0) is 11.0 Å². The molecule has 0 aliphatic rings. The van der Waals surface area contributed by atoms with Gasteiger partial charge in [-0.25, -0.2) is 4.39 Å². The standard InChI is InChI=1S/C16H11ClF4N2O2S/c17-13-6-5-11(7-12(13)16(19,20)21)26-8-14(24)22-23-15(25)9-1-3-10(18)4-2-9/h1-7H,8H2,(H,22,24)(H,23,25). The SMILES string of the molecule is O=C(CSc1ccc(Cl)c(C(F)(F)F)c1)NNC(=O)c1ccc(F)cc1. The number of hydrazine groups is 1. The summed E-state index contributed by atoms with van der Waals surface area (Å²) in [5.41, 5.74) is 3.38. The number of amides is 2. The van der Waals surface area contributed by atoms with Crippen LogP contribution in [0, 0.1) is 5.82 Å². The first kappa shape index (κ1) is 20.1. The van der Waals surface area contributed by atoms with Crippen molar-refractivity contribution in [3.63, 3.8) is 0 Å². The monoisotopic (exact) mass is 406 g/mol. The lowest BCUT2D eigenvalue weighted by Gasteiger charge is -2.11. The molecular formula is C16H11ClF4N2O2S. The van der Waals surface area contributed by atoms with Crippen LogP contribution >= 0.6 is 23.4 Å². The maximum Gasteiger partial charge on any atom is 0.417 e. The van der Waals surface area contributed by atoms with Gasteiger partial charge in [-0.05, 0) is 42.5 Å². The van der Waals surface area contributed by atoms with E-state index in [-0.39, 0.29) is 16.2 Å². The molecule has 2 N–H and O–H groups in total. The minimum atomic E-state index is -4.60. The van der Waals surface area contributed by atoms with Crippen LogP contribution in [0.4, 0.5) is 17.6 Å². The number of alkyl halides is 3. The van der Waals surface area contributed by atoms with Gasteiger partial charge in [0.15, 0.2) is 0 Å². The Morgan fingerprint density at radius 3 is 2.31 bits per heavy atom. The molecule has 0 spiro atoms. The molecule has 0 fully saturated rings. The van der Waals surface area contributed by atoms with Crippen molar-refractivity contribution >= 4 is 35.2 Å². The number of thioether (sulfide) groups is 1. The maximum atomic E-state index is 12.8. The average Bonchev–Trinajstić information content (AvgIpc) is 2.58. The highest BCUT2D eigenvalue weighted by Crippen LogP contribution is 2.36. The van der Waals surface area contributed by atoms with Gasteiger partial charge >= 0.3 is 6.18 Å². The number of carbonyl (C=O) groups excluding carboxylic acids is 2. The van der Waals surface area contributed by atoms with Gasteiger partial charge in [-0.3, -0.25) is 20.4 Å². The van der Waals surface area contributed by atoms with Crippen LogP contribution in [0.25, 0.3) is 0 Å². The van der Waals surface area contributed by atoms with Gasteiger partial charge < -0.3 is 0 Å². The lowest BCUT2D eigenvalue weighted by Crippen LogP contribution is -2.42. The van der Waals surface area contributed by atoms with Crippen LogP contribution in [0.5, 0.6) is 0 Å². The highest BCUT2D eigenvalue weighted by atomic mass is 35.5. The number of hydrogen-bond acceptors (Lipinski definition) is 3. The lowest BCUT2D eigenvalue weighted by atomic mass is 10.2. The Labute approximate surface area is 154 Å². The van der Waals surface area contributed by atoms with Crippen LogP contribution < -0.4 is 10.9 Å². The van der Waals surface area contributed by atoms with Gasteiger partial charge in [0, 0.05) is 10.5 Å². The molecule has 0 heterocycles. The summed E-state index contributed by atoms with van der Waals surface area (Å²) in [4.78, 5) is 23.6. The lowest BCUT2D eigenvalue weighted by molar-refractivity contribution is -0.137. The number of benzene rings is 2.